The molecule has 2 aliphatic heterocycles. The van der Waals surface area contributed by atoms with Crippen molar-refractivity contribution in [3.63, 3.8) is 0 Å². The molecule has 0 aromatic carbocycles. The Bertz CT molecular complexity index is 392. The number of amidine groups is 1. The Kier molecular flexibility index (Phi) is 2.62. The molecule has 0 bridgehead atoms. The standard InChI is InChI=1S/C13H22N4O/c1-9(2)16-7-5-13(6-8-16)11(14)15-12(18)17(13)10-3-4-10/h9-10H,3-8H2,1-2H3,(H2,14,15,18). The zero-order chi connectivity index (χ0) is 12.9. The number of hydrogen-bond donors (Lipinski definition) is 1. The summed E-state index contributed by atoms with van der Waals surface area (Å²) in [5.74, 6) is 0.558. The monoisotopic (exact) mass is 250 g/mol. The molecule has 100 valence electrons. The second kappa shape index (κ2) is 3.95. The Morgan fingerprint density at radius 1 is 1.33 bits per heavy atom. The summed E-state index contributed by atoms with van der Waals surface area (Å²) in [5.41, 5.74) is 5.82. The number of rotatable bonds is 2. The van der Waals surface area contributed by atoms with Crippen LogP contribution in [0.25, 0.3) is 0 Å². The van der Waals surface area contributed by atoms with Crippen LogP contribution < -0.4 is 5.73 Å². The first-order valence-electron chi connectivity index (χ1n) is 6.96. The van der Waals surface area contributed by atoms with Crippen molar-refractivity contribution in [1.82, 2.24) is 9.80 Å². The maximum absolute atomic E-state index is 12.0. The molecule has 3 aliphatic rings. The van der Waals surface area contributed by atoms with Crippen LogP contribution in [0.4, 0.5) is 4.79 Å². The first-order valence-corrected chi connectivity index (χ1v) is 6.96. The van der Waals surface area contributed by atoms with Crippen molar-refractivity contribution >= 4 is 11.9 Å². The highest BCUT2D eigenvalue weighted by Crippen LogP contribution is 2.42. The van der Waals surface area contributed by atoms with E-state index in [-0.39, 0.29) is 11.6 Å². The van der Waals surface area contributed by atoms with E-state index in [2.05, 4.69) is 23.7 Å². The number of urea groups is 1. The van der Waals surface area contributed by atoms with Crippen molar-refractivity contribution in [3.05, 3.63) is 0 Å². The van der Waals surface area contributed by atoms with Gasteiger partial charge in [-0.2, -0.15) is 4.99 Å². The average molecular weight is 250 g/mol. The Morgan fingerprint density at radius 3 is 2.44 bits per heavy atom. The van der Waals surface area contributed by atoms with Gasteiger partial charge in [-0.05, 0) is 39.5 Å². The third kappa shape index (κ3) is 1.64. The minimum atomic E-state index is -0.260. The van der Waals surface area contributed by atoms with E-state index >= 15 is 0 Å². The van der Waals surface area contributed by atoms with Gasteiger partial charge in [-0.3, -0.25) is 0 Å². The number of nitrogens with two attached hydrogens (primary N) is 1. The number of likely N-dealkylation sites (tertiary alicyclic amines) is 1. The van der Waals surface area contributed by atoms with E-state index in [1.807, 2.05) is 4.90 Å². The number of hydrogen-bond acceptors (Lipinski definition) is 3. The van der Waals surface area contributed by atoms with Crippen LogP contribution in [0.2, 0.25) is 0 Å². The predicted molar refractivity (Wildman–Crippen MR) is 70.6 cm³/mol. The normalized spacial score (nSPS) is 28.3. The fourth-order valence-electron chi connectivity index (χ4n) is 3.31. The van der Waals surface area contributed by atoms with E-state index in [0.717, 1.165) is 38.8 Å². The molecule has 1 saturated heterocycles. The minimum absolute atomic E-state index is 0.104. The zero-order valence-electron chi connectivity index (χ0n) is 11.2. The van der Waals surface area contributed by atoms with Crippen molar-refractivity contribution in [2.24, 2.45) is 10.7 Å². The van der Waals surface area contributed by atoms with Gasteiger partial charge in [-0.25, -0.2) is 4.79 Å². The molecule has 1 saturated carbocycles. The Labute approximate surface area is 108 Å². The lowest BCUT2D eigenvalue weighted by Gasteiger charge is -2.45. The Balaban J connectivity index is 1.81. The number of nitrogens with zero attached hydrogens (tertiary/aromatic N) is 3. The summed E-state index contributed by atoms with van der Waals surface area (Å²) in [6.45, 7) is 6.44. The summed E-state index contributed by atoms with van der Waals surface area (Å²) in [6, 6.07) is 0.855. The Hall–Kier alpha value is -1.10. The first kappa shape index (κ1) is 12.0. The van der Waals surface area contributed by atoms with Gasteiger partial charge in [-0.15, -0.1) is 0 Å². The van der Waals surface area contributed by atoms with E-state index in [4.69, 9.17) is 5.73 Å². The molecule has 2 amide bonds. The maximum atomic E-state index is 12.0. The van der Waals surface area contributed by atoms with Crippen LogP contribution in [0.5, 0.6) is 0 Å². The molecule has 18 heavy (non-hydrogen) atoms. The maximum Gasteiger partial charge on any atom is 0.346 e. The summed E-state index contributed by atoms with van der Waals surface area (Å²) in [4.78, 5) is 20.5. The first-order chi connectivity index (χ1) is 8.54. The number of amides is 2. The molecule has 0 aromatic heterocycles. The van der Waals surface area contributed by atoms with Gasteiger partial charge in [0.25, 0.3) is 0 Å². The molecule has 5 heteroatoms. The van der Waals surface area contributed by atoms with E-state index in [9.17, 15) is 4.79 Å². The highest BCUT2D eigenvalue weighted by Gasteiger charge is 2.54. The van der Waals surface area contributed by atoms with Crippen molar-refractivity contribution in [2.45, 2.75) is 57.2 Å². The van der Waals surface area contributed by atoms with Crippen LogP contribution in [-0.2, 0) is 0 Å². The molecule has 3 rings (SSSR count). The van der Waals surface area contributed by atoms with Gasteiger partial charge in [0.2, 0.25) is 0 Å². The quantitative estimate of drug-likeness (QED) is 0.800. The molecule has 0 aromatic rings. The lowest BCUT2D eigenvalue weighted by atomic mass is 9.84. The fourth-order valence-corrected chi connectivity index (χ4v) is 3.31. The number of aliphatic imine (C=N–C) groups is 1. The van der Waals surface area contributed by atoms with E-state index in [1.165, 1.54) is 0 Å². The molecular formula is C13H22N4O. The van der Waals surface area contributed by atoms with Crippen molar-refractivity contribution in [3.8, 4) is 0 Å². The summed E-state index contributed by atoms with van der Waals surface area (Å²) in [5, 5.41) is 0. The third-order valence-electron chi connectivity index (χ3n) is 4.63. The molecular weight excluding hydrogens is 228 g/mol. The van der Waals surface area contributed by atoms with E-state index < -0.39 is 0 Å². The molecule has 1 spiro atoms. The lowest BCUT2D eigenvalue weighted by Crippen LogP contribution is -2.61. The zero-order valence-corrected chi connectivity index (χ0v) is 11.2. The van der Waals surface area contributed by atoms with Gasteiger partial charge in [-0.1, -0.05) is 0 Å². The minimum Gasteiger partial charge on any atom is -0.385 e. The lowest BCUT2D eigenvalue weighted by molar-refractivity contribution is 0.0818. The predicted octanol–water partition coefficient (Wildman–Crippen LogP) is 1.18. The molecule has 1 aliphatic carbocycles. The van der Waals surface area contributed by atoms with Gasteiger partial charge in [0.1, 0.15) is 11.4 Å². The highest BCUT2D eigenvalue weighted by molar-refractivity contribution is 6.06. The van der Waals surface area contributed by atoms with E-state index in [0.29, 0.717) is 17.9 Å². The summed E-state index contributed by atoms with van der Waals surface area (Å²) < 4.78 is 0. The van der Waals surface area contributed by atoms with E-state index in [1.54, 1.807) is 0 Å². The molecule has 2 heterocycles. The van der Waals surface area contributed by atoms with Gasteiger partial charge < -0.3 is 15.5 Å². The van der Waals surface area contributed by atoms with Crippen molar-refractivity contribution < 1.29 is 4.79 Å². The molecule has 5 nitrogen and oxygen atoms in total. The number of carbonyl (C=O) groups is 1. The van der Waals surface area contributed by atoms with Crippen LogP contribution in [-0.4, -0.2) is 52.4 Å². The topological polar surface area (TPSA) is 61.9 Å². The van der Waals surface area contributed by atoms with Crippen LogP contribution in [0.3, 0.4) is 0 Å². The molecule has 0 atom stereocenters. The SMILES string of the molecule is CC(C)N1CCC2(CC1)C(N)=NC(=O)N2C1CC1. The summed E-state index contributed by atoms with van der Waals surface area (Å²) in [7, 11) is 0. The largest absolute Gasteiger partial charge is 0.385 e. The molecule has 0 unspecified atom stereocenters. The van der Waals surface area contributed by atoms with Gasteiger partial charge in [0.15, 0.2) is 0 Å². The number of carbonyl (C=O) groups excluding carboxylic acids is 1. The van der Waals surface area contributed by atoms with Gasteiger partial charge >= 0.3 is 6.03 Å². The summed E-state index contributed by atoms with van der Waals surface area (Å²) >= 11 is 0. The number of piperidine rings is 1. The molecule has 2 N–H and O–H groups in total. The van der Waals surface area contributed by atoms with Crippen LogP contribution >= 0.6 is 0 Å². The fraction of sp³-hybridized carbons (Fsp3) is 0.846. The average Bonchev–Trinajstić information content (AvgIpc) is 3.10. The van der Waals surface area contributed by atoms with Gasteiger partial charge in [0, 0.05) is 25.2 Å². The van der Waals surface area contributed by atoms with Crippen LogP contribution in [0.1, 0.15) is 39.5 Å². The summed E-state index contributed by atoms with van der Waals surface area (Å²) in [6.07, 6.45) is 4.10. The van der Waals surface area contributed by atoms with Crippen molar-refractivity contribution in [2.75, 3.05) is 13.1 Å². The highest BCUT2D eigenvalue weighted by atomic mass is 16.2. The van der Waals surface area contributed by atoms with Crippen molar-refractivity contribution in [1.29, 1.82) is 0 Å². The Morgan fingerprint density at radius 2 is 1.94 bits per heavy atom. The smallest absolute Gasteiger partial charge is 0.346 e. The van der Waals surface area contributed by atoms with Gasteiger partial charge in [0.05, 0.1) is 0 Å². The molecule has 0 radical (unpaired) electrons. The van der Waals surface area contributed by atoms with Crippen LogP contribution in [0.15, 0.2) is 4.99 Å². The molecule has 2 fully saturated rings. The second-order valence-electron chi connectivity index (χ2n) is 6.04. The third-order valence-corrected chi connectivity index (χ3v) is 4.63. The second-order valence-corrected chi connectivity index (χ2v) is 6.04. The van der Waals surface area contributed by atoms with Crippen LogP contribution in [0, 0.1) is 0 Å².